The van der Waals surface area contributed by atoms with Gasteiger partial charge in [-0.25, -0.2) is 4.39 Å². The first-order valence-corrected chi connectivity index (χ1v) is 12.1. The first-order valence-electron chi connectivity index (χ1n) is 12.1. The van der Waals surface area contributed by atoms with Gasteiger partial charge in [-0.3, -0.25) is 9.59 Å². The summed E-state index contributed by atoms with van der Waals surface area (Å²) in [6, 6.07) is 17.6. The van der Waals surface area contributed by atoms with Gasteiger partial charge in [-0.2, -0.15) is 0 Å². The molecule has 7 heteroatoms. The van der Waals surface area contributed by atoms with E-state index in [0.717, 1.165) is 11.1 Å². The van der Waals surface area contributed by atoms with Crippen molar-refractivity contribution < 1.29 is 28.6 Å². The fourth-order valence-electron chi connectivity index (χ4n) is 4.54. The lowest BCUT2D eigenvalue weighted by molar-refractivity contribution is -0.139. The molecule has 0 aromatic heterocycles. The van der Waals surface area contributed by atoms with Crippen molar-refractivity contribution in [3.8, 4) is 11.5 Å². The normalized spacial score (nSPS) is 16.9. The second-order valence-corrected chi connectivity index (χ2v) is 9.31. The van der Waals surface area contributed by atoms with Gasteiger partial charge >= 0.3 is 0 Å². The van der Waals surface area contributed by atoms with E-state index in [-0.39, 0.29) is 29.8 Å². The van der Waals surface area contributed by atoms with Crippen LogP contribution in [0.25, 0.3) is 5.76 Å². The Morgan fingerprint density at radius 3 is 2.46 bits per heavy atom. The molecule has 1 N–H and O–H groups in total. The Kier molecular flexibility index (Phi) is 7.62. The summed E-state index contributed by atoms with van der Waals surface area (Å²) in [5.41, 5.74) is 2.62. The third kappa shape index (κ3) is 5.50. The van der Waals surface area contributed by atoms with E-state index in [1.54, 1.807) is 48.5 Å². The molecule has 3 aromatic rings. The molecule has 1 aliphatic heterocycles. The number of aryl methyl sites for hydroxylation is 1. The topological polar surface area (TPSA) is 76.1 Å². The number of amides is 1. The second kappa shape index (κ2) is 10.9. The zero-order valence-corrected chi connectivity index (χ0v) is 21.3. The van der Waals surface area contributed by atoms with E-state index in [2.05, 4.69) is 0 Å². The van der Waals surface area contributed by atoms with Crippen LogP contribution in [0.2, 0.25) is 0 Å². The number of benzene rings is 3. The quantitative estimate of drug-likeness (QED) is 0.246. The Labute approximate surface area is 215 Å². The average molecular weight is 504 g/mol. The molecule has 1 heterocycles. The monoisotopic (exact) mass is 503 g/mol. The number of nitrogens with zero attached hydrogens (tertiary/aromatic N) is 1. The van der Waals surface area contributed by atoms with Crippen LogP contribution >= 0.6 is 0 Å². The largest absolute Gasteiger partial charge is 0.507 e. The molecule has 37 heavy (non-hydrogen) atoms. The van der Waals surface area contributed by atoms with E-state index >= 15 is 0 Å². The summed E-state index contributed by atoms with van der Waals surface area (Å²) in [6.07, 6.45) is 0.330. The number of aliphatic hydroxyl groups excluding tert-OH is 1. The van der Waals surface area contributed by atoms with Crippen molar-refractivity contribution in [3.63, 3.8) is 0 Å². The minimum absolute atomic E-state index is 0.0188. The van der Waals surface area contributed by atoms with E-state index in [4.69, 9.17) is 9.47 Å². The molecule has 1 unspecified atom stereocenters. The highest BCUT2D eigenvalue weighted by Gasteiger charge is 2.46. The van der Waals surface area contributed by atoms with Crippen molar-refractivity contribution in [2.24, 2.45) is 0 Å². The van der Waals surface area contributed by atoms with Gasteiger partial charge in [0.25, 0.3) is 11.7 Å². The van der Waals surface area contributed by atoms with E-state index in [1.807, 2.05) is 26.8 Å². The zero-order valence-electron chi connectivity index (χ0n) is 21.3. The van der Waals surface area contributed by atoms with Crippen LogP contribution in [0, 0.1) is 12.7 Å². The molecule has 1 atom stereocenters. The minimum atomic E-state index is -0.846. The molecule has 192 valence electrons. The Morgan fingerprint density at radius 1 is 1.05 bits per heavy atom. The molecule has 1 amide bonds. The third-order valence-electron chi connectivity index (χ3n) is 6.25. The number of ether oxygens (including phenoxy) is 2. The average Bonchev–Trinajstić information content (AvgIpc) is 3.12. The van der Waals surface area contributed by atoms with Crippen molar-refractivity contribution in [2.45, 2.75) is 39.3 Å². The van der Waals surface area contributed by atoms with Crippen LogP contribution in [0.1, 0.15) is 42.1 Å². The van der Waals surface area contributed by atoms with Gasteiger partial charge in [0.15, 0.2) is 0 Å². The summed E-state index contributed by atoms with van der Waals surface area (Å²) < 4.78 is 24.7. The Balaban J connectivity index is 1.83. The molecule has 0 radical (unpaired) electrons. The van der Waals surface area contributed by atoms with Crippen LogP contribution in [0.4, 0.5) is 4.39 Å². The van der Waals surface area contributed by atoms with Gasteiger partial charge in [-0.15, -0.1) is 0 Å². The first-order chi connectivity index (χ1) is 17.7. The molecular formula is C30H30FNO5. The zero-order chi connectivity index (χ0) is 26.7. The molecule has 0 bridgehead atoms. The summed E-state index contributed by atoms with van der Waals surface area (Å²) in [4.78, 5) is 28.1. The Morgan fingerprint density at radius 2 is 1.78 bits per heavy atom. The van der Waals surface area contributed by atoms with Crippen LogP contribution < -0.4 is 9.47 Å². The molecule has 3 aromatic carbocycles. The maximum absolute atomic E-state index is 13.4. The molecule has 0 saturated carbocycles. The van der Waals surface area contributed by atoms with E-state index < -0.39 is 17.7 Å². The van der Waals surface area contributed by atoms with Gasteiger partial charge in [-0.1, -0.05) is 35.9 Å². The summed E-state index contributed by atoms with van der Waals surface area (Å²) in [7, 11) is 1.48. The van der Waals surface area contributed by atoms with E-state index in [9.17, 15) is 19.1 Å². The van der Waals surface area contributed by atoms with Crippen LogP contribution in [-0.2, 0) is 16.0 Å². The lowest BCUT2D eigenvalue weighted by atomic mass is 9.94. The number of halogens is 1. The lowest BCUT2D eigenvalue weighted by Crippen LogP contribution is -2.31. The van der Waals surface area contributed by atoms with E-state index in [0.29, 0.717) is 29.0 Å². The number of rotatable bonds is 8. The maximum atomic E-state index is 13.4. The fraction of sp³-hybridized carbons (Fsp3) is 0.267. The van der Waals surface area contributed by atoms with Crippen LogP contribution in [0.3, 0.4) is 0 Å². The molecule has 0 aliphatic carbocycles. The minimum Gasteiger partial charge on any atom is -0.507 e. The third-order valence-corrected chi connectivity index (χ3v) is 6.25. The molecule has 1 saturated heterocycles. The predicted molar refractivity (Wildman–Crippen MR) is 139 cm³/mol. The predicted octanol–water partition coefficient (Wildman–Crippen LogP) is 5.59. The molecule has 6 nitrogen and oxygen atoms in total. The Hall–Kier alpha value is -4.13. The van der Waals surface area contributed by atoms with Crippen molar-refractivity contribution in [1.29, 1.82) is 0 Å². The van der Waals surface area contributed by atoms with Crippen LogP contribution in [0.5, 0.6) is 11.5 Å². The second-order valence-electron chi connectivity index (χ2n) is 9.31. The number of hydrogen-bond donors (Lipinski definition) is 1. The SMILES string of the molecule is COc1ccc(C)cc1/C(O)=C1\C(=O)C(=O)N(CCc2ccc(F)cc2)C1c1cccc(OC(C)C)c1. The highest BCUT2D eigenvalue weighted by atomic mass is 19.1. The van der Waals surface area contributed by atoms with Gasteiger partial charge in [0, 0.05) is 6.54 Å². The van der Waals surface area contributed by atoms with Crippen molar-refractivity contribution >= 4 is 17.4 Å². The number of carbonyl (C=O) groups is 2. The van der Waals surface area contributed by atoms with Crippen LogP contribution in [0.15, 0.2) is 72.3 Å². The Bertz CT molecular complexity index is 1350. The van der Waals surface area contributed by atoms with E-state index in [1.165, 1.54) is 24.1 Å². The fourth-order valence-corrected chi connectivity index (χ4v) is 4.54. The molecule has 1 fully saturated rings. The number of likely N-dealkylation sites (tertiary alicyclic amines) is 1. The molecule has 0 spiro atoms. The smallest absolute Gasteiger partial charge is 0.295 e. The molecule has 1 aliphatic rings. The van der Waals surface area contributed by atoms with Crippen LogP contribution in [-0.4, -0.2) is 41.5 Å². The number of ketones is 1. The standard InChI is InChI=1S/C30H30FNO5/c1-18(2)37-23-7-5-6-21(17-23)27-26(28(33)24-16-19(3)8-13-25(24)36-4)29(34)30(35)32(27)15-14-20-9-11-22(31)12-10-20/h5-13,16-18,27,33H,14-15H2,1-4H3/b28-26+. The van der Waals surface area contributed by atoms with Crippen molar-refractivity contribution in [2.75, 3.05) is 13.7 Å². The van der Waals surface area contributed by atoms with Crippen molar-refractivity contribution in [3.05, 3.63) is 100 Å². The maximum Gasteiger partial charge on any atom is 0.295 e. The number of Topliss-reactive ketones (excluding diaryl/α,β-unsaturated/α-hetero) is 1. The number of carbonyl (C=O) groups excluding carboxylic acids is 2. The summed E-state index contributed by atoms with van der Waals surface area (Å²) >= 11 is 0. The highest BCUT2D eigenvalue weighted by Crippen LogP contribution is 2.42. The van der Waals surface area contributed by atoms with Gasteiger partial charge in [0.05, 0.1) is 30.4 Å². The van der Waals surface area contributed by atoms with Gasteiger partial charge in [0.1, 0.15) is 23.1 Å². The number of methoxy groups -OCH3 is 1. The molecular weight excluding hydrogens is 473 g/mol. The van der Waals surface area contributed by atoms with Gasteiger partial charge in [-0.05, 0) is 74.7 Å². The number of hydrogen-bond acceptors (Lipinski definition) is 5. The lowest BCUT2D eigenvalue weighted by Gasteiger charge is -2.26. The summed E-state index contributed by atoms with van der Waals surface area (Å²) in [5, 5.41) is 11.5. The van der Waals surface area contributed by atoms with Crippen molar-refractivity contribution in [1.82, 2.24) is 4.90 Å². The van der Waals surface area contributed by atoms with Gasteiger partial charge in [0.2, 0.25) is 0 Å². The van der Waals surface area contributed by atoms with Gasteiger partial charge < -0.3 is 19.5 Å². The highest BCUT2D eigenvalue weighted by molar-refractivity contribution is 6.46. The number of aliphatic hydroxyl groups is 1. The first kappa shape index (κ1) is 25.9. The molecule has 4 rings (SSSR count). The summed E-state index contributed by atoms with van der Waals surface area (Å²) in [6.45, 7) is 5.87. The summed E-state index contributed by atoms with van der Waals surface area (Å²) in [5.74, 6) is -1.17.